The Kier molecular flexibility index (Phi) is 4.58. The SMILES string of the molecule is CN(C(=O)CNc1cccc(-c2nnnn2C2CC2)c1)C1CCS(=O)(=O)C1. The zero-order valence-corrected chi connectivity index (χ0v) is 15.9. The van der Waals surface area contributed by atoms with E-state index in [1.807, 2.05) is 28.9 Å². The van der Waals surface area contributed by atoms with Crippen LogP contribution in [0.15, 0.2) is 24.3 Å². The number of amides is 1. The lowest BCUT2D eigenvalue weighted by molar-refractivity contribution is -0.129. The second kappa shape index (κ2) is 6.91. The molecule has 2 aliphatic rings. The zero-order chi connectivity index (χ0) is 19.0. The molecule has 1 saturated heterocycles. The summed E-state index contributed by atoms with van der Waals surface area (Å²) >= 11 is 0. The third-order valence-corrected chi connectivity index (χ3v) is 6.85. The Hall–Kier alpha value is -2.49. The highest BCUT2D eigenvalue weighted by molar-refractivity contribution is 7.91. The highest BCUT2D eigenvalue weighted by Gasteiger charge is 2.32. The van der Waals surface area contributed by atoms with Gasteiger partial charge < -0.3 is 10.2 Å². The van der Waals surface area contributed by atoms with Crippen molar-refractivity contribution in [2.24, 2.45) is 0 Å². The minimum atomic E-state index is -3.01. The monoisotopic (exact) mass is 390 g/mol. The molecule has 144 valence electrons. The lowest BCUT2D eigenvalue weighted by atomic mass is 10.2. The van der Waals surface area contributed by atoms with Gasteiger partial charge in [-0.15, -0.1) is 5.10 Å². The van der Waals surface area contributed by atoms with Crippen molar-refractivity contribution >= 4 is 21.4 Å². The summed E-state index contributed by atoms with van der Waals surface area (Å²) in [6.45, 7) is 0.101. The Labute approximate surface area is 157 Å². The number of tetrazole rings is 1. The van der Waals surface area contributed by atoms with Crippen LogP contribution in [0.3, 0.4) is 0 Å². The summed E-state index contributed by atoms with van der Waals surface area (Å²) < 4.78 is 25.1. The molecule has 10 heteroatoms. The van der Waals surface area contributed by atoms with Crippen molar-refractivity contribution in [3.8, 4) is 11.4 Å². The Morgan fingerprint density at radius 3 is 2.85 bits per heavy atom. The molecule has 1 atom stereocenters. The van der Waals surface area contributed by atoms with Crippen LogP contribution in [0.5, 0.6) is 0 Å². The lowest BCUT2D eigenvalue weighted by Gasteiger charge is -2.23. The van der Waals surface area contributed by atoms with Crippen LogP contribution in [-0.4, -0.2) is 70.6 Å². The first-order chi connectivity index (χ1) is 12.9. The number of sulfone groups is 1. The molecule has 0 spiro atoms. The van der Waals surface area contributed by atoms with E-state index in [-0.39, 0.29) is 30.0 Å². The van der Waals surface area contributed by atoms with Gasteiger partial charge in [-0.3, -0.25) is 4.79 Å². The number of rotatable bonds is 6. The molecule has 2 aromatic rings. The molecule has 1 amide bonds. The summed E-state index contributed by atoms with van der Waals surface area (Å²) in [5, 5.41) is 15.1. The number of hydrogen-bond acceptors (Lipinski definition) is 7. The molecule has 1 aliphatic carbocycles. The number of aromatic nitrogens is 4. The van der Waals surface area contributed by atoms with Gasteiger partial charge in [-0.25, -0.2) is 13.1 Å². The van der Waals surface area contributed by atoms with Crippen LogP contribution in [0.1, 0.15) is 25.3 Å². The summed E-state index contributed by atoms with van der Waals surface area (Å²) in [5.74, 6) is 0.792. The maximum atomic E-state index is 12.4. The summed E-state index contributed by atoms with van der Waals surface area (Å²) in [6, 6.07) is 7.76. The second-order valence-corrected chi connectivity index (χ2v) is 9.40. The van der Waals surface area contributed by atoms with Gasteiger partial charge in [0.2, 0.25) is 5.91 Å². The van der Waals surface area contributed by atoms with E-state index < -0.39 is 9.84 Å². The van der Waals surface area contributed by atoms with Crippen LogP contribution < -0.4 is 5.32 Å². The van der Waals surface area contributed by atoms with Gasteiger partial charge >= 0.3 is 0 Å². The Balaban J connectivity index is 1.40. The van der Waals surface area contributed by atoms with Crippen LogP contribution in [-0.2, 0) is 14.6 Å². The van der Waals surface area contributed by atoms with Crippen molar-refractivity contribution in [1.82, 2.24) is 25.1 Å². The van der Waals surface area contributed by atoms with Crippen LogP contribution >= 0.6 is 0 Å². The Bertz CT molecular complexity index is 953. The van der Waals surface area contributed by atoms with Crippen LogP contribution in [0.2, 0.25) is 0 Å². The number of hydrogen-bond donors (Lipinski definition) is 1. The van der Waals surface area contributed by atoms with Gasteiger partial charge in [0.05, 0.1) is 24.1 Å². The summed E-state index contributed by atoms with van der Waals surface area (Å²) in [7, 11) is -1.35. The maximum absolute atomic E-state index is 12.4. The molecular weight excluding hydrogens is 368 g/mol. The fraction of sp³-hybridized carbons (Fsp3) is 0.529. The quantitative estimate of drug-likeness (QED) is 0.774. The first-order valence-corrected chi connectivity index (χ1v) is 10.8. The molecule has 2 fully saturated rings. The molecule has 27 heavy (non-hydrogen) atoms. The normalized spacial score (nSPS) is 21.1. The van der Waals surface area contributed by atoms with E-state index in [9.17, 15) is 13.2 Å². The molecule has 1 unspecified atom stereocenters. The first-order valence-electron chi connectivity index (χ1n) is 9.01. The van der Waals surface area contributed by atoms with Crippen molar-refractivity contribution in [3.63, 3.8) is 0 Å². The minimum Gasteiger partial charge on any atom is -0.376 e. The highest BCUT2D eigenvalue weighted by atomic mass is 32.2. The lowest BCUT2D eigenvalue weighted by Crippen LogP contribution is -2.40. The predicted molar refractivity (Wildman–Crippen MR) is 99.8 cm³/mol. The summed E-state index contributed by atoms with van der Waals surface area (Å²) in [5.41, 5.74) is 1.68. The third kappa shape index (κ3) is 3.95. The van der Waals surface area contributed by atoms with Gasteiger partial charge in [0, 0.05) is 24.3 Å². The van der Waals surface area contributed by atoms with Crippen molar-refractivity contribution in [3.05, 3.63) is 24.3 Å². The molecule has 9 nitrogen and oxygen atoms in total. The molecule has 1 N–H and O–H groups in total. The van der Waals surface area contributed by atoms with Crippen molar-refractivity contribution in [2.45, 2.75) is 31.3 Å². The maximum Gasteiger partial charge on any atom is 0.241 e. The van der Waals surface area contributed by atoms with Crippen LogP contribution in [0, 0.1) is 0 Å². The van der Waals surface area contributed by atoms with E-state index >= 15 is 0 Å². The van der Waals surface area contributed by atoms with Crippen molar-refractivity contribution < 1.29 is 13.2 Å². The minimum absolute atomic E-state index is 0.0501. The first kappa shape index (κ1) is 17.9. The number of benzene rings is 1. The number of carbonyl (C=O) groups is 1. The largest absolute Gasteiger partial charge is 0.376 e. The van der Waals surface area contributed by atoms with Gasteiger partial charge in [-0.1, -0.05) is 12.1 Å². The van der Waals surface area contributed by atoms with E-state index in [0.717, 1.165) is 29.9 Å². The molecule has 1 aromatic carbocycles. The summed E-state index contributed by atoms with van der Waals surface area (Å²) in [6.07, 6.45) is 2.69. The topological polar surface area (TPSA) is 110 Å². The van der Waals surface area contributed by atoms with E-state index in [1.54, 1.807) is 7.05 Å². The molecule has 1 saturated carbocycles. The highest BCUT2D eigenvalue weighted by Crippen LogP contribution is 2.36. The van der Waals surface area contributed by atoms with Gasteiger partial charge in [-0.05, 0) is 41.8 Å². The number of anilines is 1. The third-order valence-electron chi connectivity index (χ3n) is 5.10. The molecule has 0 radical (unpaired) electrons. The van der Waals surface area contributed by atoms with Crippen molar-refractivity contribution in [2.75, 3.05) is 30.4 Å². The number of nitrogens with one attached hydrogen (secondary N) is 1. The van der Waals surface area contributed by atoms with Gasteiger partial charge in [0.1, 0.15) is 0 Å². The molecule has 2 heterocycles. The second-order valence-electron chi connectivity index (χ2n) is 7.17. The Morgan fingerprint density at radius 1 is 1.33 bits per heavy atom. The zero-order valence-electron chi connectivity index (χ0n) is 15.1. The fourth-order valence-corrected chi connectivity index (χ4v) is 5.08. The molecule has 0 bridgehead atoms. The molecular formula is C17H22N6O3S. The van der Waals surface area contributed by atoms with E-state index in [0.29, 0.717) is 12.5 Å². The number of likely N-dealkylation sites (N-methyl/N-ethyl adjacent to an activating group) is 1. The average Bonchev–Trinajstić information content (AvgIpc) is 3.26. The molecule has 4 rings (SSSR count). The van der Waals surface area contributed by atoms with Crippen LogP contribution in [0.25, 0.3) is 11.4 Å². The van der Waals surface area contributed by atoms with Gasteiger partial charge in [-0.2, -0.15) is 0 Å². The van der Waals surface area contributed by atoms with E-state index in [4.69, 9.17) is 0 Å². The summed E-state index contributed by atoms with van der Waals surface area (Å²) in [4.78, 5) is 13.9. The fourth-order valence-electron chi connectivity index (χ4n) is 3.30. The van der Waals surface area contributed by atoms with E-state index in [1.165, 1.54) is 4.90 Å². The van der Waals surface area contributed by atoms with Crippen molar-refractivity contribution in [1.29, 1.82) is 0 Å². The van der Waals surface area contributed by atoms with E-state index in [2.05, 4.69) is 20.8 Å². The molecule has 1 aromatic heterocycles. The number of nitrogens with zero attached hydrogens (tertiary/aromatic N) is 5. The van der Waals surface area contributed by atoms with Crippen LogP contribution in [0.4, 0.5) is 5.69 Å². The number of carbonyl (C=O) groups excluding carboxylic acids is 1. The Morgan fingerprint density at radius 2 is 2.15 bits per heavy atom. The predicted octanol–water partition coefficient (Wildman–Crippen LogP) is 0.732. The van der Waals surface area contributed by atoms with Gasteiger partial charge in [0.25, 0.3) is 0 Å². The average molecular weight is 390 g/mol. The molecule has 1 aliphatic heterocycles. The van der Waals surface area contributed by atoms with Gasteiger partial charge in [0.15, 0.2) is 15.7 Å². The standard InChI is InChI=1S/C17H22N6O3S/c1-22(15-7-8-27(25,26)11-15)16(24)10-18-13-4-2-3-12(9-13)17-19-20-21-23(17)14-5-6-14/h2-4,9,14-15,18H,5-8,10-11H2,1H3. The smallest absolute Gasteiger partial charge is 0.241 e.